The summed E-state index contributed by atoms with van der Waals surface area (Å²) in [4.78, 5) is 55.6. The van der Waals surface area contributed by atoms with E-state index >= 15 is 0 Å². The van der Waals surface area contributed by atoms with E-state index in [1.165, 1.54) is 4.90 Å². The van der Waals surface area contributed by atoms with Gasteiger partial charge in [-0.15, -0.1) is 0 Å². The van der Waals surface area contributed by atoms with Crippen LogP contribution in [0.1, 0.15) is 49.7 Å². The van der Waals surface area contributed by atoms with Crippen LogP contribution in [0, 0.1) is 23.7 Å². The Morgan fingerprint density at radius 3 is 1.81 bits per heavy atom. The Kier molecular flexibility index (Phi) is 8.24. The number of amides is 3. The molecule has 10 nitrogen and oxygen atoms in total. The highest BCUT2D eigenvalue weighted by atomic mass is 16.4. The molecule has 0 unspecified atom stereocenters. The molecule has 1 saturated carbocycles. The highest BCUT2D eigenvalue weighted by Crippen LogP contribution is 2.46. The van der Waals surface area contributed by atoms with Gasteiger partial charge in [0.2, 0.25) is 0 Å². The zero-order valence-corrected chi connectivity index (χ0v) is 24.3. The number of anilines is 2. The van der Waals surface area contributed by atoms with Crippen LogP contribution >= 0.6 is 0 Å². The third kappa shape index (κ3) is 5.54. The molecule has 4 atom stereocenters. The normalized spacial score (nSPS) is 24.7. The first-order valence-corrected chi connectivity index (χ1v) is 15.5. The average molecular weight is 589 g/mol. The first-order valence-electron chi connectivity index (χ1n) is 15.5. The van der Waals surface area contributed by atoms with E-state index in [9.17, 15) is 29.4 Å². The molecule has 0 aromatic heterocycles. The Morgan fingerprint density at radius 1 is 0.814 bits per heavy atom. The number of carbonyl (C=O) groups is 4. The molecule has 2 aromatic carbocycles. The standard InChI is InChI=1S/C33H40N4O6/c38-29(39)27(23-9-13-34-19-23)17-21-5-3-7-25(15-21)36-31(42)33(11-1-2-12-33)37(32(36)43)26-8-4-6-22(16-26)18-28(30(40)41)24-10-14-35-20-24/h3-8,15-16,23-24,27-28,34-35H,1-2,9-14,17-20H2,(H,38,39)(H,40,41)/t23-,24-,27-,28-/m0/s1. The van der Waals surface area contributed by atoms with Gasteiger partial charge in [-0.25, -0.2) is 9.69 Å². The van der Waals surface area contributed by atoms with Gasteiger partial charge in [0.25, 0.3) is 5.91 Å². The van der Waals surface area contributed by atoms with E-state index in [0.29, 0.717) is 50.1 Å². The molecule has 3 saturated heterocycles. The molecule has 4 fully saturated rings. The van der Waals surface area contributed by atoms with Crippen LogP contribution in [0.3, 0.4) is 0 Å². The van der Waals surface area contributed by atoms with Gasteiger partial charge < -0.3 is 20.8 Å². The fourth-order valence-electron chi connectivity index (χ4n) is 7.76. The number of hydrogen-bond donors (Lipinski definition) is 4. The van der Waals surface area contributed by atoms with Gasteiger partial charge in [-0.3, -0.25) is 19.3 Å². The largest absolute Gasteiger partial charge is 0.481 e. The lowest BCUT2D eigenvalue weighted by atomic mass is 9.86. The van der Waals surface area contributed by atoms with Crippen LogP contribution in [0.25, 0.3) is 0 Å². The predicted octanol–water partition coefficient (Wildman–Crippen LogP) is 3.68. The van der Waals surface area contributed by atoms with Crippen LogP contribution in [0.15, 0.2) is 48.5 Å². The van der Waals surface area contributed by atoms with E-state index in [1.807, 2.05) is 30.3 Å². The van der Waals surface area contributed by atoms with E-state index in [1.54, 1.807) is 23.1 Å². The number of carbonyl (C=O) groups excluding carboxylic acids is 2. The van der Waals surface area contributed by atoms with Crippen LogP contribution < -0.4 is 20.4 Å². The molecule has 6 rings (SSSR count). The summed E-state index contributed by atoms with van der Waals surface area (Å²) >= 11 is 0. The number of imide groups is 1. The van der Waals surface area contributed by atoms with Crippen LogP contribution in [0.5, 0.6) is 0 Å². The first-order chi connectivity index (χ1) is 20.8. The minimum absolute atomic E-state index is 0.0337. The molecule has 3 aliphatic heterocycles. The van der Waals surface area contributed by atoms with Crippen LogP contribution in [-0.4, -0.2) is 65.8 Å². The number of nitrogens with one attached hydrogen (secondary N) is 2. The van der Waals surface area contributed by atoms with Crippen LogP contribution in [0.2, 0.25) is 0 Å². The van der Waals surface area contributed by atoms with E-state index in [-0.39, 0.29) is 17.7 Å². The molecule has 10 heteroatoms. The van der Waals surface area contributed by atoms with Crippen molar-refractivity contribution in [3.63, 3.8) is 0 Å². The molecular formula is C33H40N4O6. The molecular weight excluding hydrogens is 548 g/mol. The SMILES string of the molecule is O=C(O)[C@@H](Cc1cccc(N2C(=O)N(c3cccc(C[C@H](C(=O)O)[C@H]4CCNC4)c3)C3(CCCC3)C2=O)c1)[C@H]1CCNC1. The van der Waals surface area contributed by atoms with E-state index < -0.39 is 35.3 Å². The lowest BCUT2D eigenvalue weighted by molar-refractivity contribution is -0.144. The molecule has 0 bridgehead atoms. The van der Waals surface area contributed by atoms with Gasteiger partial charge in [0.1, 0.15) is 5.54 Å². The van der Waals surface area contributed by atoms with Gasteiger partial charge in [0.05, 0.1) is 17.5 Å². The molecule has 4 aliphatic rings. The number of rotatable bonds is 10. The zero-order chi connectivity index (χ0) is 30.1. The molecule has 2 aromatic rings. The Bertz CT molecular complexity index is 1390. The first kappa shape index (κ1) is 29.3. The summed E-state index contributed by atoms with van der Waals surface area (Å²) in [5.74, 6) is -2.91. The third-order valence-electron chi connectivity index (χ3n) is 10.1. The summed E-state index contributed by atoms with van der Waals surface area (Å²) in [5, 5.41) is 26.4. The van der Waals surface area contributed by atoms with Gasteiger partial charge in [-0.2, -0.15) is 0 Å². The topological polar surface area (TPSA) is 139 Å². The Morgan fingerprint density at radius 2 is 1.33 bits per heavy atom. The summed E-state index contributed by atoms with van der Waals surface area (Å²) < 4.78 is 0. The number of nitrogens with zero attached hydrogens (tertiary/aromatic N) is 2. The van der Waals surface area contributed by atoms with Gasteiger partial charge in [0, 0.05) is 5.69 Å². The van der Waals surface area contributed by atoms with Crippen molar-refractivity contribution in [3.8, 4) is 0 Å². The second kappa shape index (κ2) is 12.1. The summed E-state index contributed by atoms with van der Waals surface area (Å²) in [6.07, 6.45) is 5.07. The van der Waals surface area contributed by atoms with Crippen molar-refractivity contribution in [2.45, 2.75) is 56.9 Å². The van der Waals surface area contributed by atoms with Crippen LogP contribution in [0.4, 0.5) is 16.2 Å². The number of aliphatic carboxylic acids is 2. The number of carboxylic acids is 2. The summed E-state index contributed by atoms with van der Waals surface area (Å²) in [5.41, 5.74) is 1.66. The molecule has 228 valence electrons. The van der Waals surface area contributed by atoms with Crippen molar-refractivity contribution in [2.24, 2.45) is 23.7 Å². The Balaban J connectivity index is 1.29. The molecule has 0 radical (unpaired) electrons. The summed E-state index contributed by atoms with van der Waals surface area (Å²) in [6.45, 7) is 2.96. The number of benzene rings is 2. The third-order valence-corrected chi connectivity index (χ3v) is 10.1. The minimum atomic E-state index is -0.994. The average Bonchev–Trinajstić information content (AvgIpc) is 3.81. The number of urea groups is 1. The quantitative estimate of drug-likeness (QED) is 0.309. The summed E-state index contributed by atoms with van der Waals surface area (Å²) in [7, 11) is 0. The van der Waals surface area contributed by atoms with Gasteiger partial charge in [-0.05, 0) is 112 Å². The maximum absolute atomic E-state index is 14.2. The second-order valence-electron chi connectivity index (χ2n) is 12.6. The molecule has 1 aliphatic carbocycles. The lowest BCUT2D eigenvalue weighted by Crippen LogP contribution is -2.47. The molecule has 43 heavy (non-hydrogen) atoms. The van der Waals surface area contributed by atoms with Crippen molar-refractivity contribution in [2.75, 3.05) is 36.0 Å². The highest BCUT2D eigenvalue weighted by molar-refractivity contribution is 6.30. The molecule has 3 amide bonds. The highest BCUT2D eigenvalue weighted by Gasteiger charge is 2.59. The van der Waals surface area contributed by atoms with Gasteiger partial charge in [0.15, 0.2) is 0 Å². The number of carboxylic acid groups (broad SMARTS) is 2. The molecule has 4 N–H and O–H groups in total. The zero-order valence-electron chi connectivity index (χ0n) is 24.3. The number of hydrogen-bond acceptors (Lipinski definition) is 6. The summed E-state index contributed by atoms with van der Waals surface area (Å²) in [6, 6.07) is 14.2. The second-order valence-corrected chi connectivity index (χ2v) is 12.6. The van der Waals surface area contributed by atoms with Crippen molar-refractivity contribution < 1.29 is 29.4 Å². The van der Waals surface area contributed by atoms with Crippen molar-refractivity contribution >= 4 is 35.3 Å². The van der Waals surface area contributed by atoms with Crippen molar-refractivity contribution in [1.29, 1.82) is 0 Å². The van der Waals surface area contributed by atoms with Crippen molar-refractivity contribution in [3.05, 3.63) is 59.7 Å². The Hall–Kier alpha value is -3.76. The van der Waals surface area contributed by atoms with E-state index in [4.69, 9.17) is 0 Å². The van der Waals surface area contributed by atoms with E-state index in [2.05, 4.69) is 10.6 Å². The van der Waals surface area contributed by atoms with Crippen molar-refractivity contribution in [1.82, 2.24) is 10.6 Å². The lowest BCUT2D eigenvalue weighted by Gasteiger charge is -2.31. The molecule has 3 heterocycles. The minimum Gasteiger partial charge on any atom is -0.481 e. The fraction of sp³-hybridized carbons (Fsp3) is 0.515. The molecule has 1 spiro atoms. The van der Waals surface area contributed by atoms with E-state index in [0.717, 1.165) is 49.9 Å². The van der Waals surface area contributed by atoms with Gasteiger partial charge >= 0.3 is 18.0 Å². The van der Waals surface area contributed by atoms with Gasteiger partial charge in [-0.1, -0.05) is 37.1 Å². The Labute approximate surface area is 251 Å². The van der Waals surface area contributed by atoms with Crippen LogP contribution in [-0.2, 0) is 27.2 Å². The fourth-order valence-corrected chi connectivity index (χ4v) is 7.76. The maximum Gasteiger partial charge on any atom is 0.336 e. The smallest absolute Gasteiger partial charge is 0.336 e. The monoisotopic (exact) mass is 588 g/mol. The maximum atomic E-state index is 14.2. The predicted molar refractivity (Wildman–Crippen MR) is 161 cm³/mol.